The molecule has 1 amide bonds. The molecule has 0 aromatic carbocycles. The van der Waals surface area contributed by atoms with Crippen molar-refractivity contribution < 1.29 is 15.0 Å². The van der Waals surface area contributed by atoms with Crippen LogP contribution >= 0.6 is 0 Å². The first kappa shape index (κ1) is 13.4. The van der Waals surface area contributed by atoms with Crippen molar-refractivity contribution in [3.8, 4) is 0 Å². The number of amides is 1. The third kappa shape index (κ3) is 6.86. The van der Waals surface area contributed by atoms with E-state index in [4.69, 9.17) is 10.2 Å². The Kier molecular flexibility index (Phi) is 7.42. The normalized spacial score (nSPS) is 14.9. The van der Waals surface area contributed by atoms with E-state index >= 15 is 0 Å². The number of hydrogen-bond donors (Lipinski definition) is 3. The fourth-order valence-corrected chi connectivity index (χ4v) is 1.06. The summed E-state index contributed by atoms with van der Waals surface area (Å²) in [6, 6.07) is 0. The third-order valence-electron chi connectivity index (χ3n) is 2.12. The molecule has 3 N–H and O–H groups in total. The van der Waals surface area contributed by atoms with Gasteiger partial charge in [-0.2, -0.15) is 0 Å². The summed E-state index contributed by atoms with van der Waals surface area (Å²) in [6.07, 6.45) is 1.10. The smallest absolute Gasteiger partial charge is 0.220 e. The second-order valence-corrected chi connectivity index (χ2v) is 3.91. The fraction of sp³-hybridized carbons (Fsp3) is 0.900. The fourth-order valence-electron chi connectivity index (χ4n) is 1.06. The van der Waals surface area contributed by atoms with Crippen LogP contribution in [-0.4, -0.2) is 35.9 Å². The molecule has 0 heterocycles. The van der Waals surface area contributed by atoms with Gasteiger partial charge in [0.25, 0.3) is 0 Å². The number of aliphatic hydroxyl groups excluding tert-OH is 2. The summed E-state index contributed by atoms with van der Waals surface area (Å²) in [7, 11) is 0. The largest absolute Gasteiger partial charge is 0.396 e. The minimum atomic E-state index is -0.00810. The van der Waals surface area contributed by atoms with Gasteiger partial charge in [0.15, 0.2) is 0 Å². The Morgan fingerprint density at radius 3 is 2.43 bits per heavy atom. The molecule has 0 bridgehead atoms. The first-order chi connectivity index (χ1) is 6.60. The number of hydrogen-bond acceptors (Lipinski definition) is 3. The Labute approximate surface area is 85.3 Å². The van der Waals surface area contributed by atoms with Gasteiger partial charge in [0.2, 0.25) is 5.91 Å². The Morgan fingerprint density at radius 1 is 1.29 bits per heavy atom. The van der Waals surface area contributed by atoms with E-state index in [0.29, 0.717) is 19.4 Å². The first-order valence-corrected chi connectivity index (χ1v) is 5.08. The van der Waals surface area contributed by atoms with Crippen LogP contribution in [0.1, 0.15) is 26.7 Å². The van der Waals surface area contributed by atoms with Crippen LogP contribution in [0.15, 0.2) is 0 Å². The molecule has 0 aliphatic heterocycles. The summed E-state index contributed by atoms with van der Waals surface area (Å²) in [5.74, 6) is 0.308. The average molecular weight is 203 g/mol. The molecule has 4 nitrogen and oxygen atoms in total. The Bertz CT molecular complexity index is 161. The molecule has 84 valence electrons. The lowest BCUT2D eigenvalue weighted by Crippen LogP contribution is -2.30. The van der Waals surface area contributed by atoms with Crippen LogP contribution in [0.2, 0.25) is 0 Å². The molecule has 0 aromatic rings. The van der Waals surface area contributed by atoms with Gasteiger partial charge in [0.1, 0.15) is 0 Å². The van der Waals surface area contributed by atoms with E-state index < -0.39 is 0 Å². The quantitative estimate of drug-likeness (QED) is 0.551. The summed E-state index contributed by atoms with van der Waals surface area (Å²) >= 11 is 0. The van der Waals surface area contributed by atoms with Gasteiger partial charge in [-0.3, -0.25) is 4.79 Å². The topological polar surface area (TPSA) is 69.6 Å². The molecule has 0 fully saturated rings. The molecule has 0 aromatic heterocycles. The van der Waals surface area contributed by atoms with Crippen molar-refractivity contribution in [2.24, 2.45) is 11.8 Å². The van der Waals surface area contributed by atoms with Crippen molar-refractivity contribution in [1.82, 2.24) is 5.32 Å². The zero-order chi connectivity index (χ0) is 11.0. The number of nitrogens with one attached hydrogen (secondary N) is 1. The number of aliphatic hydroxyl groups is 2. The Balaban J connectivity index is 3.54. The van der Waals surface area contributed by atoms with Crippen LogP contribution in [0.3, 0.4) is 0 Å². The lowest BCUT2D eigenvalue weighted by molar-refractivity contribution is -0.122. The molecule has 4 heteroatoms. The van der Waals surface area contributed by atoms with Crippen molar-refractivity contribution in [2.45, 2.75) is 26.7 Å². The van der Waals surface area contributed by atoms with Crippen molar-refractivity contribution >= 4 is 5.91 Å². The molecule has 0 spiro atoms. The van der Waals surface area contributed by atoms with Crippen LogP contribution in [0, 0.1) is 11.8 Å². The summed E-state index contributed by atoms with van der Waals surface area (Å²) in [5.41, 5.74) is 0. The van der Waals surface area contributed by atoms with Gasteiger partial charge in [0, 0.05) is 26.2 Å². The van der Waals surface area contributed by atoms with E-state index in [9.17, 15) is 4.79 Å². The number of carbonyl (C=O) groups is 1. The predicted molar refractivity (Wildman–Crippen MR) is 54.7 cm³/mol. The van der Waals surface area contributed by atoms with Gasteiger partial charge in [-0.15, -0.1) is 0 Å². The lowest BCUT2D eigenvalue weighted by atomic mass is 10.0. The Hall–Kier alpha value is -0.610. The summed E-state index contributed by atoms with van der Waals surface area (Å²) in [6.45, 7) is 4.54. The first-order valence-electron chi connectivity index (χ1n) is 5.08. The maximum atomic E-state index is 11.3. The van der Waals surface area contributed by atoms with Gasteiger partial charge in [-0.1, -0.05) is 13.8 Å². The SMILES string of the molecule is CC(CO)CNC(=O)CC(C)CCO. The van der Waals surface area contributed by atoms with Crippen LogP contribution in [0.25, 0.3) is 0 Å². The summed E-state index contributed by atoms with van der Waals surface area (Å²) in [5, 5.41) is 20.1. The lowest BCUT2D eigenvalue weighted by Gasteiger charge is -2.12. The van der Waals surface area contributed by atoms with Gasteiger partial charge < -0.3 is 15.5 Å². The Morgan fingerprint density at radius 2 is 1.93 bits per heavy atom. The van der Waals surface area contributed by atoms with Gasteiger partial charge in [-0.25, -0.2) is 0 Å². The zero-order valence-electron chi connectivity index (χ0n) is 8.99. The minimum Gasteiger partial charge on any atom is -0.396 e. The molecular formula is C10H21NO3. The van der Waals surface area contributed by atoms with Crippen molar-refractivity contribution in [1.29, 1.82) is 0 Å². The van der Waals surface area contributed by atoms with E-state index in [2.05, 4.69) is 5.32 Å². The highest BCUT2D eigenvalue weighted by Crippen LogP contribution is 2.05. The van der Waals surface area contributed by atoms with Crippen LogP contribution < -0.4 is 5.32 Å². The highest BCUT2D eigenvalue weighted by atomic mass is 16.3. The number of rotatable bonds is 7. The van der Waals surface area contributed by atoms with E-state index in [1.54, 1.807) is 0 Å². The zero-order valence-corrected chi connectivity index (χ0v) is 8.99. The van der Waals surface area contributed by atoms with E-state index in [1.165, 1.54) is 0 Å². The van der Waals surface area contributed by atoms with Crippen molar-refractivity contribution in [3.05, 3.63) is 0 Å². The molecular weight excluding hydrogens is 182 g/mol. The predicted octanol–water partition coefficient (Wildman–Crippen LogP) is 0.140. The second-order valence-electron chi connectivity index (χ2n) is 3.91. The van der Waals surface area contributed by atoms with Crippen LogP contribution in [-0.2, 0) is 4.79 Å². The molecule has 0 saturated carbocycles. The highest BCUT2D eigenvalue weighted by molar-refractivity contribution is 5.76. The monoisotopic (exact) mass is 203 g/mol. The third-order valence-corrected chi connectivity index (χ3v) is 2.12. The molecule has 0 saturated heterocycles. The standard InChI is InChI=1S/C10H21NO3/c1-8(3-4-12)5-10(14)11-6-9(2)7-13/h8-9,12-13H,3-7H2,1-2H3,(H,11,14). The molecule has 0 radical (unpaired) electrons. The summed E-state index contributed by atoms with van der Waals surface area (Å²) in [4.78, 5) is 11.3. The molecule has 0 aliphatic rings. The molecule has 2 unspecified atom stereocenters. The van der Waals surface area contributed by atoms with E-state index in [-0.39, 0.29) is 31.0 Å². The van der Waals surface area contributed by atoms with Crippen LogP contribution in [0.5, 0.6) is 0 Å². The summed E-state index contributed by atoms with van der Waals surface area (Å²) < 4.78 is 0. The van der Waals surface area contributed by atoms with Gasteiger partial charge in [-0.05, 0) is 18.3 Å². The van der Waals surface area contributed by atoms with Crippen molar-refractivity contribution in [2.75, 3.05) is 19.8 Å². The van der Waals surface area contributed by atoms with E-state index in [1.807, 2.05) is 13.8 Å². The second kappa shape index (κ2) is 7.76. The molecule has 0 rings (SSSR count). The highest BCUT2D eigenvalue weighted by Gasteiger charge is 2.09. The maximum Gasteiger partial charge on any atom is 0.220 e. The molecule has 14 heavy (non-hydrogen) atoms. The minimum absolute atomic E-state index is 0.00810. The maximum absolute atomic E-state index is 11.3. The van der Waals surface area contributed by atoms with Crippen molar-refractivity contribution in [3.63, 3.8) is 0 Å². The average Bonchev–Trinajstić information content (AvgIpc) is 2.14. The molecule has 0 aliphatic carbocycles. The van der Waals surface area contributed by atoms with Gasteiger partial charge >= 0.3 is 0 Å². The van der Waals surface area contributed by atoms with Crippen LogP contribution in [0.4, 0.5) is 0 Å². The van der Waals surface area contributed by atoms with Gasteiger partial charge in [0.05, 0.1) is 0 Å². The molecule has 2 atom stereocenters. The number of carbonyl (C=O) groups excluding carboxylic acids is 1. The van der Waals surface area contributed by atoms with E-state index in [0.717, 1.165) is 0 Å².